The molecule has 8 heteroatoms. The molecule has 24 heavy (non-hydrogen) atoms. The second-order valence-corrected chi connectivity index (χ2v) is 7.95. The summed E-state index contributed by atoms with van der Waals surface area (Å²) in [7, 11) is -0.548. The van der Waals surface area contributed by atoms with Gasteiger partial charge in [-0.25, -0.2) is 13.1 Å². The lowest BCUT2D eigenvalue weighted by Gasteiger charge is -2.26. The molecule has 0 atom stereocenters. The molecule has 0 heterocycles. The van der Waals surface area contributed by atoms with E-state index in [9.17, 15) is 18.0 Å². The molecule has 1 amide bonds. The van der Waals surface area contributed by atoms with Crippen molar-refractivity contribution >= 4 is 21.9 Å². The van der Waals surface area contributed by atoms with Gasteiger partial charge in [-0.15, -0.1) is 0 Å². The van der Waals surface area contributed by atoms with Crippen LogP contribution in [-0.2, 0) is 14.8 Å². The van der Waals surface area contributed by atoms with Gasteiger partial charge in [0, 0.05) is 25.7 Å². The summed E-state index contributed by atoms with van der Waals surface area (Å²) in [5, 5.41) is 8.99. The van der Waals surface area contributed by atoms with Crippen LogP contribution in [0.3, 0.4) is 0 Å². The molecule has 0 spiro atoms. The Morgan fingerprint density at radius 2 is 1.79 bits per heavy atom. The van der Waals surface area contributed by atoms with Crippen LogP contribution >= 0.6 is 0 Å². The number of carbonyl (C=O) groups is 2. The van der Waals surface area contributed by atoms with Gasteiger partial charge in [-0.3, -0.25) is 9.59 Å². The van der Waals surface area contributed by atoms with E-state index in [0.717, 1.165) is 0 Å². The second kappa shape index (κ2) is 7.31. The summed E-state index contributed by atoms with van der Waals surface area (Å²) in [4.78, 5) is 24.3. The van der Waals surface area contributed by atoms with Crippen LogP contribution < -0.4 is 4.72 Å². The average molecular weight is 354 g/mol. The van der Waals surface area contributed by atoms with Gasteiger partial charge in [0.1, 0.15) is 0 Å². The minimum atomic E-state index is -3.75. The third-order valence-electron chi connectivity index (χ3n) is 4.20. The molecule has 0 aliphatic heterocycles. The number of hydrogen-bond donors (Lipinski definition) is 2. The van der Waals surface area contributed by atoms with Gasteiger partial charge < -0.3 is 10.0 Å². The molecule has 1 aliphatic rings. The number of carbonyl (C=O) groups excluding carboxylic acids is 1. The minimum Gasteiger partial charge on any atom is -0.481 e. The first-order chi connectivity index (χ1) is 11.2. The molecule has 1 fully saturated rings. The molecular formula is C16H22N2O5S. The van der Waals surface area contributed by atoms with Crippen molar-refractivity contribution in [3.8, 4) is 0 Å². The molecule has 132 valence electrons. The summed E-state index contributed by atoms with van der Waals surface area (Å²) in [5.41, 5.74) is 0.303. The number of rotatable bonds is 5. The number of benzene rings is 1. The molecule has 1 aromatic rings. The summed E-state index contributed by atoms with van der Waals surface area (Å²) in [6, 6.07) is 5.62. The maximum atomic E-state index is 12.5. The number of carboxylic acids is 1. The minimum absolute atomic E-state index is 0.0376. The van der Waals surface area contributed by atoms with E-state index in [-0.39, 0.29) is 16.8 Å². The van der Waals surface area contributed by atoms with E-state index in [4.69, 9.17) is 5.11 Å². The summed E-state index contributed by atoms with van der Waals surface area (Å²) in [5.74, 6) is -1.49. The molecule has 0 aromatic heterocycles. The smallest absolute Gasteiger partial charge is 0.306 e. The van der Waals surface area contributed by atoms with Gasteiger partial charge >= 0.3 is 5.97 Å². The van der Waals surface area contributed by atoms with Crippen LogP contribution in [0.5, 0.6) is 0 Å². The fourth-order valence-corrected chi connectivity index (χ4v) is 4.15. The van der Waals surface area contributed by atoms with Crippen LogP contribution in [0.15, 0.2) is 29.2 Å². The maximum absolute atomic E-state index is 12.5. The molecule has 0 bridgehead atoms. The zero-order valence-corrected chi connectivity index (χ0v) is 14.5. The highest BCUT2D eigenvalue weighted by atomic mass is 32.2. The Bertz CT molecular complexity index is 722. The number of sulfonamides is 1. The van der Waals surface area contributed by atoms with Crippen LogP contribution in [0, 0.1) is 5.92 Å². The summed E-state index contributed by atoms with van der Waals surface area (Å²) in [6.45, 7) is 0. The normalized spacial score (nSPS) is 21.2. The average Bonchev–Trinajstić information content (AvgIpc) is 2.54. The zero-order chi connectivity index (χ0) is 17.9. The molecule has 0 radical (unpaired) electrons. The van der Waals surface area contributed by atoms with Crippen molar-refractivity contribution in [2.75, 3.05) is 14.1 Å². The van der Waals surface area contributed by atoms with E-state index in [1.807, 2.05) is 0 Å². The Hall–Kier alpha value is -1.93. The van der Waals surface area contributed by atoms with Crippen molar-refractivity contribution in [1.29, 1.82) is 0 Å². The Kier molecular flexibility index (Phi) is 5.61. The van der Waals surface area contributed by atoms with E-state index in [2.05, 4.69) is 4.72 Å². The summed E-state index contributed by atoms with van der Waals surface area (Å²) >= 11 is 0. The molecule has 0 unspecified atom stereocenters. The van der Waals surface area contributed by atoms with Gasteiger partial charge in [0.2, 0.25) is 10.0 Å². The Labute approximate surface area is 141 Å². The third kappa shape index (κ3) is 4.33. The van der Waals surface area contributed by atoms with Crippen molar-refractivity contribution in [3.05, 3.63) is 29.8 Å². The molecular weight excluding hydrogens is 332 g/mol. The topological polar surface area (TPSA) is 104 Å². The quantitative estimate of drug-likeness (QED) is 0.830. The molecule has 7 nitrogen and oxygen atoms in total. The van der Waals surface area contributed by atoms with Gasteiger partial charge in [0.05, 0.1) is 10.8 Å². The molecule has 0 saturated heterocycles. The van der Waals surface area contributed by atoms with Crippen LogP contribution in [0.2, 0.25) is 0 Å². The molecule has 1 aliphatic carbocycles. The number of hydrogen-bond acceptors (Lipinski definition) is 4. The molecule has 2 rings (SSSR count). The molecule has 2 N–H and O–H groups in total. The van der Waals surface area contributed by atoms with Crippen molar-refractivity contribution in [1.82, 2.24) is 9.62 Å². The van der Waals surface area contributed by atoms with Crippen molar-refractivity contribution < 1.29 is 23.1 Å². The van der Waals surface area contributed by atoms with Crippen molar-refractivity contribution in [3.63, 3.8) is 0 Å². The Balaban J connectivity index is 2.10. The predicted octanol–water partition coefficient (Wildman–Crippen LogP) is 1.31. The van der Waals surface area contributed by atoms with Crippen LogP contribution in [-0.4, -0.2) is 50.4 Å². The van der Waals surface area contributed by atoms with E-state index in [0.29, 0.717) is 31.2 Å². The highest BCUT2D eigenvalue weighted by Gasteiger charge is 2.29. The second-order valence-electron chi connectivity index (χ2n) is 6.24. The van der Waals surface area contributed by atoms with E-state index in [1.54, 1.807) is 20.2 Å². The zero-order valence-electron chi connectivity index (χ0n) is 13.7. The van der Waals surface area contributed by atoms with Gasteiger partial charge in [-0.2, -0.15) is 0 Å². The number of nitrogens with zero attached hydrogens (tertiary/aromatic N) is 1. The number of carboxylic acid groups (broad SMARTS) is 1. The van der Waals surface area contributed by atoms with Crippen LogP contribution in [0.25, 0.3) is 0 Å². The molecule has 1 saturated carbocycles. The van der Waals surface area contributed by atoms with E-state index < -0.39 is 21.9 Å². The maximum Gasteiger partial charge on any atom is 0.306 e. The largest absolute Gasteiger partial charge is 0.481 e. The lowest BCUT2D eigenvalue weighted by molar-refractivity contribution is -0.142. The monoisotopic (exact) mass is 354 g/mol. The van der Waals surface area contributed by atoms with Crippen LogP contribution in [0.1, 0.15) is 36.0 Å². The van der Waals surface area contributed by atoms with E-state index >= 15 is 0 Å². The lowest BCUT2D eigenvalue weighted by Crippen LogP contribution is -2.38. The SMILES string of the molecule is CN(C)C(=O)c1cccc(S(=O)(=O)NC2CCC(C(=O)O)CC2)c1. The predicted molar refractivity (Wildman–Crippen MR) is 88.2 cm³/mol. The first-order valence-electron chi connectivity index (χ1n) is 7.77. The molecule has 1 aromatic carbocycles. The summed E-state index contributed by atoms with van der Waals surface area (Å²) < 4.78 is 27.6. The van der Waals surface area contributed by atoms with Gasteiger partial charge in [0.15, 0.2) is 0 Å². The standard InChI is InChI=1S/C16H22N2O5S/c1-18(2)15(19)12-4-3-5-14(10-12)24(22,23)17-13-8-6-11(7-9-13)16(20)21/h3-5,10-11,13,17H,6-9H2,1-2H3,(H,20,21). The van der Waals surface area contributed by atoms with Gasteiger partial charge in [0.25, 0.3) is 5.91 Å². The fraction of sp³-hybridized carbons (Fsp3) is 0.500. The number of nitrogens with one attached hydrogen (secondary N) is 1. The van der Waals surface area contributed by atoms with Crippen molar-refractivity contribution in [2.24, 2.45) is 5.92 Å². The third-order valence-corrected chi connectivity index (χ3v) is 5.71. The highest BCUT2D eigenvalue weighted by molar-refractivity contribution is 7.89. The Morgan fingerprint density at radius 1 is 1.17 bits per heavy atom. The van der Waals surface area contributed by atoms with Gasteiger partial charge in [-0.05, 0) is 43.9 Å². The lowest BCUT2D eigenvalue weighted by atomic mass is 9.87. The highest BCUT2D eigenvalue weighted by Crippen LogP contribution is 2.25. The van der Waals surface area contributed by atoms with E-state index in [1.165, 1.54) is 23.1 Å². The first-order valence-corrected chi connectivity index (χ1v) is 9.26. The Morgan fingerprint density at radius 3 is 2.33 bits per heavy atom. The van der Waals surface area contributed by atoms with Gasteiger partial charge in [-0.1, -0.05) is 6.07 Å². The number of amides is 1. The first kappa shape index (κ1) is 18.4. The van der Waals surface area contributed by atoms with Crippen LogP contribution in [0.4, 0.5) is 0 Å². The number of aliphatic carboxylic acids is 1. The fourth-order valence-electron chi connectivity index (χ4n) is 2.80. The van der Waals surface area contributed by atoms with Crippen molar-refractivity contribution in [2.45, 2.75) is 36.6 Å². The summed E-state index contributed by atoms with van der Waals surface area (Å²) in [6.07, 6.45) is 1.91.